The van der Waals surface area contributed by atoms with Crippen LogP contribution in [-0.2, 0) is 0 Å². The van der Waals surface area contributed by atoms with Crippen LogP contribution in [0.3, 0.4) is 0 Å². The summed E-state index contributed by atoms with van der Waals surface area (Å²) >= 11 is 6.01. The van der Waals surface area contributed by atoms with Gasteiger partial charge < -0.3 is 9.80 Å². The fourth-order valence-electron chi connectivity index (χ4n) is 3.84. The van der Waals surface area contributed by atoms with E-state index in [1.165, 1.54) is 22.4 Å². The van der Waals surface area contributed by atoms with Gasteiger partial charge in [-0.3, -0.25) is 4.98 Å². The highest BCUT2D eigenvalue weighted by Crippen LogP contribution is 2.45. The van der Waals surface area contributed by atoms with Crippen LogP contribution < -0.4 is 0 Å². The van der Waals surface area contributed by atoms with E-state index in [0.29, 0.717) is 5.92 Å². The Bertz CT molecular complexity index is 881. The monoisotopic (exact) mass is 365 g/mol. The van der Waals surface area contributed by atoms with Crippen molar-refractivity contribution in [1.82, 2.24) is 14.8 Å². The van der Waals surface area contributed by atoms with Crippen LogP contribution >= 0.6 is 11.6 Å². The highest BCUT2D eigenvalue weighted by atomic mass is 35.5. The van der Waals surface area contributed by atoms with Crippen LogP contribution in [0.5, 0.6) is 0 Å². The molecule has 1 aromatic carbocycles. The van der Waals surface area contributed by atoms with Crippen LogP contribution in [0, 0.1) is 5.92 Å². The van der Waals surface area contributed by atoms with Gasteiger partial charge in [0, 0.05) is 53.9 Å². The van der Waals surface area contributed by atoms with Crippen LogP contribution in [-0.4, -0.2) is 48.5 Å². The van der Waals surface area contributed by atoms with Crippen LogP contribution in [0.15, 0.2) is 60.1 Å². The molecule has 26 heavy (non-hydrogen) atoms. The van der Waals surface area contributed by atoms with E-state index in [9.17, 15) is 0 Å². The summed E-state index contributed by atoms with van der Waals surface area (Å²) in [6.07, 6.45) is 6.21. The van der Waals surface area contributed by atoms with E-state index < -0.39 is 0 Å². The molecule has 0 fully saturated rings. The van der Waals surface area contributed by atoms with Gasteiger partial charge in [0.1, 0.15) is 0 Å². The molecule has 3 nitrogen and oxygen atoms in total. The van der Waals surface area contributed by atoms with E-state index in [2.05, 4.69) is 47.9 Å². The smallest absolute Gasteiger partial charge is 0.0454 e. The Morgan fingerprint density at radius 1 is 1.12 bits per heavy atom. The van der Waals surface area contributed by atoms with E-state index in [1.54, 1.807) is 0 Å². The van der Waals surface area contributed by atoms with Crippen LogP contribution in [0.4, 0.5) is 0 Å². The summed E-state index contributed by atoms with van der Waals surface area (Å²) in [4.78, 5) is 9.26. The molecule has 1 aliphatic heterocycles. The molecule has 2 aliphatic rings. The third-order valence-electron chi connectivity index (χ3n) is 4.96. The molecule has 0 amide bonds. The second kappa shape index (κ2) is 6.90. The zero-order chi connectivity index (χ0) is 18.3. The average Bonchev–Trinajstić information content (AvgIpc) is 3.32. The zero-order valence-corrected chi connectivity index (χ0v) is 16.3. The Hall–Kier alpha value is -2.10. The molecule has 2 heterocycles. The van der Waals surface area contributed by atoms with Crippen molar-refractivity contribution in [2.45, 2.75) is 6.92 Å². The standard InChI is InChI=1S/C22H24ClN3/c1-15(12-25(2)3)13-26-14-21(20-9-22(20)26)18-8-17(10-24-11-18)16-4-6-19(23)7-5-16/h4-11,15H,12-14H2,1-3H3. The number of fused-ring (bicyclic) bond motifs is 1. The Morgan fingerprint density at radius 2 is 1.85 bits per heavy atom. The first-order chi connectivity index (χ1) is 12.5. The summed E-state index contributed by atoms with van der Waals surface area (Å²) in [5.74, 6) is 0.644. The number of aromatic nitrogens is 1. The van der Waals surface area contributed by atoms with Gasteiger partial charge in [-0.2, -0.15) is 0 Å². The van der Waals surface area contributed by atoms with Gasteiger partial charge in [0.15, 0.2) is 0 Å². The molecular weight excluding hydrogens is 342 g/mol. The molecule has 1 aliphatic carbocycles. The lowest BCUT2D eigenvalue weighted by molar-refractivity contribution is 0.277. The summed E-state index contributed by atoms with van der Waals surface area (Å²) in [6, 6.07) is 10.2. The number of pyridine rings is 1. The predicted molar refractivity (Wildman–Crippen MR) is 109 cm³/mol. The van der Waals surface area contributed by atoms with Crippen molar-refractivity contribution in [3.05, 3.63) is 70.7 Å². The van der Waals surface area contributed by atoms with Gasteiger partial charge in [-0.05, 0) is 61.0 Å². The van der Waals surface area contributed by atoms with E-state index >= 15 is 0 Å². The molecule has 0 saturated heterocycles. The first-order valence-electron chi connectivity index (χ1n) is 9.07. The van der Waals surface area contributed by atoms with Gasteiger partial charge in [0.05, 0.1) is 0 Å². The quantitative estimate of drug-likeness (QED) is 0.747. The maximum Gasteiger partial charge on any atom is 0.0454 e. The van der Waals surface area contributed by atoms with Gasteiger partial charge >= 0.3 is 0 Å². The molecule has 4 heteroatoms. The molecule has 4 rings (SSSR count). The Morgan fingerprint density at radius 3 is 2.58 bits per heavy atom. The zero-order valence-electron chi connectivity index (χ0n) is 15.5. The summed E-state index contributed by atoms with van der Waals surface area (Å²) in [5, 5.41) is 0.757. The molecule has 1 aromatic heterocycles. The van der Waals surface area contributed by atoms with E-state index in [4.69, 9.17) is 11.6 Å². The van der Waals surface area contributed by atoms with Gasteiger partial charge in [-0.1, -0.05) is 30.7 Å². The second-order valence-corrected chi connectivity index (χ2v) is 8.08. The van der Waals surface area contributed by atoms with Crippen molar-refractivity contribution in [3.63, 3.8) is 0 Å². The number of halogens is 1. The predicted octanol–water partition coefficient (Wildman–Crippen LogP) is 4.57. The summed E-state index contributed by atoms with van der Waals surface area (Å²) in [5.41, 5.74) is 7.74. The molecular formula is C22H24ClN3. The van der Waals surface area contributed by atoms with Gasteiger partial charge in [-0.25, -0.2) is 0 Å². The minimum absolute atomic E-state index is 0.644. The van der Waals surface area contributed by atoms with E-state index in [-0.39, 0.29) is 0 Å². The number of allylic oxidation sites excluding steroid dienone is 2. The fourth-order valence-corrected chi connectivity index (χ4v) is 3.96. The number of nitrogens with zero attached hydrogens (tertiary/aromatic N) is 3. The molecule has 0 saturated carbocycles. The fraction of sp³-hybridized carbons (Fsp3) is 0.318. The molecule has 1 unspecified atom stereocenters. The number of hydrogen-bond acceptors (Lipinski definition) is 3. The van der Waals surface area contributed by atoms with Gasteiger partial charge in [0.25, 0.3) is 0 Å². The molecule has 0 radical (unpaired) electrons. The van der Waals surface area contributed by atoms with Gasteiger partial charge in [0.2, 0.25) is 0 Å². The van der Waals surface area contributed by atoms with Crippen molar-refractivity contribution in [2.24, 2.45) is 5.92 Å². The van der Waals surface area contributed by atoms with Crippen LogP contribution in [0.1, 0.15) is 12.5 Å². The lowest BCUT2D eigenvalue weighted by Gasteiger charge is -2.25. The van der Waals surface area contributed by atoms with Crippen molar-refractivity contribution < 1.29 is 0 Å². The van der Waals surface area contributed by atoms with Crippen molar-refractivity contribution >= 4 is 17.2 Å². The van der Waals surface area contributed by atoms with Gasteiger partial charge in [-0.15, -0.1) is 0 Å². The average molecular weight is 366 g/mol. The molecule has 134 valence electrons. The van der Waals surface area contributed by atoms with Crippen molar-refractivity contribution in [3.8, 4) is 11.1 Å². The minimum atomic E-state index is 0.644. The number of hydrogen-bond donors (Lipinski definition) is 0. The number of benzene rings is 1. The maximum atomic E-state index is 6.01. The van der Waals surface area contributed by atoms with Crippen LogP contribution in [0.2, 0.25) is 5.02 Å². The largest absolute Gasteiger partial charge is 0.366 e. The van der Waals surface area contributed by atoms with E-state index in [0.717, 1.165) is 35.8 Å². The molecule has 2 aromatic rings. The third kappa shape index (κ3) is 3.55. The Labute approximate surface area is 160 Å². The normalized spacial score (nSPS) is 16.8. The van der Waals surface area contributed by atoms with E-state index in [1.807, 2.05) is 36.7 Å². The maximum absolute atomic E-state index is 6.01. The highest BCUT2D eigenvalue weighted by Gasteiger charge is 2.35. The highest BCUT2D eigenvalue weighted by molar-refractivity contribution is 6.30. The molecule has 0 N–H and O–H groups in total. The summed E-state index contributed by atoms with van der Waals surface area (Å²) in [6.45, 7) is 5.53. The van der Waals surface area contributed by atoms with Crippen molar-refractivity contribution in [2.75, 3.05) is 33.7 Å². The number of rotatable bonds is 6. The van der Waals surface area contributed by atoms with Crippen molar-refractivity contribution in [1.29, 1.82) is 0 Å². The van der Waals surface area contributed by atoms with Crippen LogP contribution in [0.25, 0.3) is 16.7 Å². The molecule has 1 atom stereocenters. The summed E-state index contributed by atoms with van der Waals surface area (Å²) < 4.78 is 0. The third-order valence-corrected chi connectivity index (χ3v) is 5.21. The second-order valence-electron chi connectivity index (χ2n) is 7.64. The minimum Gasteiger partial charge on any atom is -0.366 e. The lowest BCUT2D eigenvalue weighted by Crippen LogP contribution is -2.30. The molecule has 0 bridgehead atoms. The molecule has 0 spiro atoms. The first kappa shape index (κ1) is 17.3. The SMILES string of the molecule is CC(CN(C)C)CN1CC(c2cncc(-c3ccc(Cl)cc3)c2)=C2C=C21. The summed E-state index contributed by atoms with van der Waals surface area (Å²) in [7, 11) is 4.28. The first-order valence-corrected chi connectivity index (χ1v) is 9.45. The Balaban J connectivity index is 1.50. The lowest BCUT2D eigenvalue weighted by atomic mass is 10.0. The topological polar surface area (TPSA) is 19.4 Å². The Kier molecular flexibility index (Phi) is 4.60.